The van der Waals surface area contributed by atoms with Crippen molar-refractivity contribution in [3.8, 4) is 0 Å². The molecule has 0 fully saturated rings. The van der Waals surface area contributed by atoms with Crippen LogP contribution in [0.15, 0.2) is 78.2 Å². The molecule has 0 N–H and O–H groups in total. The second kappa shape index (κ2) is 5.98. The smallest absolute Gasteiger partial charge is 0.0232 e. The molecular weight excluding hydrogens is 260 g/mol. The third-order valence-corrected chi connectivity index (χ3v) is 4.50. The van der Waals surface area contributed by atoms with Crippen molar-refractivity contribution in [2.45, 2.75) is 10.6 Å². The highest BCUT2D eigenvalue weighted by molar-refractivity contribution is 7.98. The summed E-state index contributed by atoms with van der Waals surface area (Å²) in [6.45, 7) is 3.78. The molecule has 1 heteroatoms. The van der Waals surface area contributed by atoms with E-state index >= 15 is 0 Å². The van der Waals surface area contributed by atoms with Crippen molar-refractivity contribution < 1.29 is 0 Å². The summed E-state index contributed by atoms with van der Waals surface area (Å²) in [4.78, 5) is 1.34. The van der Waals surface area contributed by atoms with Crippen LogP contribution in [0.2, 0.25) is 0 Å². The largest absolute Gasteiger partial charge is 0.121 e. The fourth-order valence-corrected chi connectivity index (χ4v) is 3.26. The lowest BCUT2D eigenvalue weighted by Gasteiger charge is -2.06. The molecule has 3 aromatic carbocycles. The number of rotatable bonds is 4. The van der Waals surface area contributed by atoms with Gasteiger partial charge in [-0.3, -0.25) is 0 Å². The summed E-state index contributed by atoms with van der Waals surface area (Å²) >= 11 is 1.89. The molecule has 3 rings (SSSR count). The van der Waals surface area contributed by atoms with Gasteiger partial charge >= 0.3 is 0 Å². The molecule has 0 bridgehead atoms. The van der Waals surface area contributed by atoms with Crippen molar-refractivity contribution in [1.82, 2.24) is 0 Å². The maximum Gasteiger partial charge on any atom is 0.0232 e. The monoisotopic (exact) mass is 276 g/mol. The van der Waals surface area contributed by atoms with Crippen LogP contribution in [0.1, 0.15) is 11.1 Å². The third kappa shape index (κ3) is 2.78. The van der Waals surface area contributed by atoms with Gasteiger partial charge in [0, 0.05) is 10.6 Å². The third-order valence-electron chi connectivity index (χ3n) is 3.36. The maximum absolute atomic E-state index is 3.78. The van der Waals surface area contributed by atoms with E-state index in [9.17, 15) is 0 Å². The molecule has 0 saturated carbocycles. The zero-order valence-corrected chi connectivity index (χ0v) is 12.1. The van der Waals surface area contributed by atoms with Crippen molar-refractivity contribution in [3.05, 3.63) is 84.4 Å². The SMILES string of the molecule is C=Cc1ccc(CSc2cccc3ccccc23)cc1. The van der Waals surface area contributed by atoms with Gasteiger partial charge in [0.2, 0.25) is 0 Å². The van der Waals surface area contributed by atoms with Crippen molar-refractivity contribution in [3.63, 3.8) is 0 Å². The number of benzene rings is 3. The zero-order valence-electron chi connectivity index (χ0n) is 11.3. The van der Waals surface area contributed by atoms with Crippen LogP contribution in [0.3, 0.4) is 0 Å². The Labute approximate surface area is 124 Å². The van der Waals surface area contributed by atoms with Gasteiger partial charge in [-0.15, -0.1) is 11.8 Å². The van der Waals surface area contributed by atoms with E-state index < -0.39 is 0 Å². The van der Waals surface area contributed by atoms with E-state index in [0.717, 1.165) is 5.75 Å². The Bertz CT molecular complexity index is 721. The first-order chi connectivity index (χ1) is 9.86. The fourth-order valence-electron chi connectivity index (χ4n) is 2.23. The summed E-state index contributed by atoms with van der Waals surface area (Å²) in [5, 5.41) is 2.64. The van der Waals surface area contributed by atoms with Crippen molar-refractivity contribution in [1.29, 1.82) is 0 Å². The lowest BCUT2D eigenvalue weighted by atomic mass is 10.1. The van der Waals surface area contributed by atoms with Crippen molar-refractivity contribution in [2.24, 2.45) is 0 Å². The fraction of sp³-hybridized carbons (Fsp3) is 0.0526. The maximum atomic E-state index is 3.78. The van der Waals surface area contributed by atoms with Crippen LogP contribution in [0.4, 0.5) is 0 Å². The summed E-state index contributed by atoms with van der Waals surface area (Å²) in [6.07, 6.45) is 1.88. The standard InChI is InChI=1S/C19H16S/c1-2-15-10-12-16(13-11-15)14-20-19-9-5-7-17-6-3-4-8-18(17)19/h2-13H,1,14H2. The predicted molar refractivity (Wildman–Crippen MR) is 90.0 cm³/mol. The minimum Gasteiger partial charge on any atom is -0.121 e. The molecule has 0 aliphatic heterocycles. The van der Waals surface area contributed by atoms with Gasteiger partial charge in [0.15, 0.2) is 0 Å². The average Bonchev–Trinajstić information content (AvgIpc) is 2.53. The summed E-state index contributed by atoms with van der Waals surface area (Å²) in [6, 6.07) is 23.6. The summed E-state index contributed by atoms with van der Waals surface area (Å²) in [7, 11) is 0. The van der Waals surface area contributed by atoms with E-state index in [4.69, 9.17) is 0 Å². The summed E-state index contributed by atoms with van der Waals surface area (Å²) < 4.78 is 0. The number of thioether (sulfide) groups is 1. The zero-order chi connectivity index (χ0) is 13.8. The Morgan fingerprint density at radius 1 is 0.850 bits per heavy atom. The van der Waals surface area contributed by atoms with E-state index in [1.54, 1.807) is 0 Å². The van der Waals surface area contributed by atoms with Gasteiger partial charge in [-0.1, -0.05) is 73.3 Å². The lowest BCUT2D eigenvalue weighted by Crippen LogP contribution is -1.82. The predicted octanol–water partition coefficient (Wildman–Crippen LogP) is 5.78. The molecule has 0 aliphatic rings. The number of fused-ring (bicyclic) bond motifs is 1. The minimum absolute atomic E-state index is 0.991. The average molecular weight is 276 g/mol. The van der Waals surface area contributed by atoms with Gasteiger partial charge in [0.1, 0.15) is 0 Å². The Morgan fingerprint density at radius 3 is 2.40 bits per heavy atom. The first-order valence-electron chi connectivity index (χ1n) is 6.69. The van der Waals surface area contributed by atoms with E-state index in [0.29, 0.717) is 0 Å². The molecule has 3 aromatic rings. The molecule has 0 atom stereocenters. The Kier molecular flexibility index (Phi) is 3.89. The van der Waals surface area contributed by atoms with Crippen LogP contribution in [-0.4, -0.2) is 0 Å². The van der Waals surface area contributed by atoms with Crippen LogP contribution in [-0.2, 0) is 5.75 Å². The van der Waals surface area contributed by atoms with Crippen LogP contribution in [0.25, 0.3) is 16.8 Å². The van der Waals surface area contributed by atoms with E-state index in [-0.39, 0.29) is 0 Å². The molecule has 0 aliphatic carbocycles. The molecule has 20 heavy (non-hydrogen) atoms. The lowest BCUT2D eigenvalue weighted by molar-refractivity contribution is 1.39. The number of hydrogen-bond acceptors (Lipinski definition) is 1. The Morgan fingerprint density at radius 2 is 1.60 bits per heavy atom. The molecule has 0 saturated heterocycles. The van der Waals surface area contributed by atoms with Gasteiger partial charge in [0.05, 0.1) is 0 Å². The van der Waals surface area contributed by atoms with Gasteiger partial charge in [-0.05, 0) is 28.0 Å². The molecule has 0 amide bonds. The first-order valence-corrected chi connectivity index (χ1v) is 7.67. The molecule has 0 radical (unpaired) electrons. The Balaban J connectivity index is 1.81. The molecule has 0 spiro atoms. The van der Waals surface area contributed by atoms with Gasteiger partial charge in [-0.25, -0.2) is 0 Å². The van der Waals surface area contributed by atoms with E-state index in [1.807, 2.05) is 17.8 Å². The highest BCUT2D eigenvalue weighted by Gasteiger charge is 2.01. The van der Waals surface area contributed by atoms with Crippen LogP contribution in [0.5, 0.6) is 0 Å². The normalized spacial score (nSPS) is 10.6. The summed E-state index contributed by atoms with van der Waals surface area (Å²) in [5.74, 6) is 0.991. The summed E-state index contributed by atoms with van der Waals surface area (Å²) in [5.41, 5.74) is 2.51. The molecule has 0 aromatic heterocycles. The van der Waals surface area contributed by atoms with E-state index in [2.05, 4.69) is 73.3 Å². The highest BCUT2D eigenvalue weighted by Crippen LogP contribution is 2.30. The Hall–Kier alpha value is -1.99. The van der Waals surface area contributed by atoms with Crippen LogP contribution >= 0.6 is 11.8 Å². The van der Waals surface area contributed by atoms with Gasteiger partial charge < -0.3 is 0 Å². The van der Waals surface area contributed by atoms with Gasteiger partial charge in [0.25, 0.3) is 0 Å². The van der Waals surface area contributed by atoms with Crippen LogP contribution < -0.4 is 0 Å². The second-order valence-electron chi connectivity index (χ2n) is 4.71. The second-order valence-corrected chi connectivity index (χ2v) is 5.73. The molecule has 0 nitrogen and oxygen atoms in total. The van der Waals surface area contributed by atoms with Gasteiger partial charge in [-0.2, -0.15) is 0 Å². The van der Waals surface area contributed by atoms with Crippen molar-refractivity contribution in [2.75, 3.05) is 0 Å². The van der Waals surface area contributed by atoms with E-state index in [1.165, 1.54) is 26.8 Å². The molecular formula is C19H16S. The molecule has 0 unspecified atom stereocenters. The number of hydrogen-bond donors (Lipinski definition) is 0. The quantitative estimate of drug-likeness (QED) is 0.545. The highest BCUT2D eigenvalue weighted by atomic mass is 32.2. The first kappa shape index (κ1) is 13.0. The topological polar surface area (TPSA) is 0 Å². The minimum atomic E-state index is 0.991. The van der Waals surface area contributed by atoms with Crippen LogP contribution in [0, 0.1) is 0 Å². The molecule has 0 heterocycles. The van der Waals surface area contributed by atoms with Crippen molar-refractivity contribution >= 4 is 28.6 Å². The molecule has 98 valence electrons.